The quantitative estimate of drug-likeness (QED) is 0.0422. The number of phenols is 2. The molecule has 0 fully saturated rings. The van der Waals surface area contributed by atoms with Crippen molar-refractivity contribution in [3.8, 4) is 17.2 Å². The Kier molecular flexibility index (Phi) is 19.4. The van der Waals surface area contributed by atoms with Gasteiger partial charge >= 0.3 is 0 Å². The van der Waals surface area contributed by atoms with Crippen LogP contribution in [-0.4, -0.2) is 62.7 Å². The highest BCUT2D eigenvalue weighted by molar-refractivity contribution is 9.12. The number of anilines is 5. The Balaban J connectivity index is 0.000000160. The van der Waals surface area contributed by atoms with Crippen molar-refractivity contribution in [1.82, 2.24) is 29.9 Å². The van der Waals surface area contributed by atoms with Crippen LogP contribution in [0.15, 0.2) is 108 Å². The van der Waals surface area contributed by atoms with Gasteiger partial charge in [0.25, 0.3) is 0 Å². The number of nitrogen functional groups attached to an aromatic ring is 1. The highest BCUT2D eigenvalue weighted by Crippen LogP contribution is 2.34. The van der Waals surface area contributed by atoms with Gasteiger partial charge in [0.2, 0.25) is 0 Å². The third-order valence-corrected chi connectivity index (χ3v) is 13.7. The molecular weight excluding hydrogens is 1060 g/mol. The van der Waals surface area contributed by atoms with Gasteiger partial charge in [-0.2, -0.15) is 0 Å². The Hall–Kier alpha value is -4.69. The predicted octanol–water partition coefficient (Wildman–Crippen LogP) is 13.4. The van der Waals surface area contributed by atoms with E-state index in [0.29, 0.717) is 23.1 Å². The number of benzene rings is 3. The largest absolute Gasteiger partial charge is 0.506 e. The topological polar surface area (TPSA) is 177 Å². The molecule has 0 aliphatic rings. The van der Waals surface area contributed by atoms with Crippen molar-refractivity contribution in [2.45, 2.75) is 20.8 Å². The van der Waals surface area contributed by atoms with E-state index in [-0.39, 0.29) is 11.5 Å². The van der Waals surface area contributed by atoms with E-state index in [1.807, 2.05) is 55.6 Å². The van der Waals surface area contributed by atoms with Crippen LogP contribution in [0.3, 0.4) is 0 Å². The second-order valence-electron chi connectivity index (χ2n) is 12.6. The number of halogens is 4. The van der Waals surface area contributed by atoms with Gasteiger partial charge in [0.15, 0.2) is 0 Å². The number of phenolic OH excluding ortho intramolecular Hbond substituents is 2. The number of ether oxygens (including phenoxy) is 1. The molecule has 322 valence electrons. The summed E-state index contributed by atoms with van der Waals surface area (Å²) in [6.07, 6.45) is 4.60. The molecule has 62 heavy (non-hydrogen) atoms. The maximum absolute atomic E-state index is 9.76. The minimum Gasteiger partial charge on any atom is -0.506 e. The van der Waals surface area contributed by atoms with E-state index in [2.05, 4.69) is 106 Å². The van der Waals surface area contributed by atoms with E-state index in [1.165, 1.54) is 18.2 Å². The Bertz CT molecular complexity index is 2790. The van der Waals surface area contributed by atoms with Gasteiger partial charge in [-0.25, -0.2) is 29.9 Å². The molecule has 0 aliphatic carbocycles. The van der Waals surface area contributed by atoms with Gasteiger partial charge < -0.3 is 31.3 Å². The number of fused-ring (bicyclic) bond motifs is 3. The van der Waals surface area contributed by atoms with Gasteiger partial charge in [0.1, 0.15) is 67.5 Å². The lowest BCUT2D eigenvalue weighted by Gasteiger charge is -2.12. The van der Waals surface area contributed by atoms with Gasteiger partial charge in [0, 0.05) is 16.0 Å². The maximum Gasteiger partial charge on any atom is 0.142 e. The lowest BCUT2D eigenvalue weighted by molar-refractivity contribution is 0.347. The first kappa shape index (κ1) is 48.3. The number of rotatable bonds is 8. The first-order valence-corrected chi connectivity index (χ1v) is 24.9. The highest BCUT2D eigenvalue weighted by Gasteiger charge is 2.12. The maximum atomic E-state index is 9.76. The van der Waals surface area contributed by atoms with Crippen LogP contribution in [0, 0.1) is 20.8 Å². The molecule has 0 unspecified atom stereocenters. The lowest BCUT2D eigenvalue weighted by Crippen LogP contribution is -2.02. The van der Waals surface area contributed by atoms with Crippen LogP contribution in [0.2, 0.25) is 5.15 Å². The number of hydrogen-bond acceptors (Lipinski definition) is 15. The summed E-state index contributed by atoms with van der Waals surface area (Å²) in [6, 6.07) is 21.7. The van der Waals surface area contributed by atoms with Gasteiger partial charge in [-0.1, -0.05) is 95.8 Å². The summed E-state index contributed by atoms with van der Waals surface area (Å²) in [6.45, 7) is 6.72. The molecule has 9 rings (SSSR count). The van der Waals surface area contributed by atoms with E-state index in [1.54, 1.807) is 76.7 Å². The van der Waals surface area contributed by atoms with Crippen molar-refractivity contribution < 1.29 is 14.9 Å². The SMILES string of the molecule is BrCCBr.Cc1csc2ncnc(Cl)c12.Cc1csc2ncnc(Nc3ccccc3O)c12.Cc1csc2ncnc(Nc3ccccc3OCCBr)c12.Nc1ccccc1O. The summed E-state index contributed by atoms with van der Waals surface area (Å²) in [5.41, 5.74) is 10.7. The molecule has 0 aliphatic heterocycles. The molecule has 6 heterocycles. The van der Waals surface area contributed by atoms with Crippen molar-refractivity contribution in [1.29, 1.82) is 0 Å². The van der Waals surface area contributed by atoms with Crippen LogP contribution in [-0.2, 0) is 0 Å². The van der Waals surface area contributed by atoms with Crippen molar-refractivity contribution in [2.24, 2.45) is 0 Å². The van der Waals surface area contributed by atoms with Gasteiger partial charge in [-0.15, -0.1) is 34.0 Å². The Morgan fingerprint density at radius 1 is 0.581 bits per heavy atom. The van der Waals surface area contributed by atoms with Crippen molar-refractivity contribution in [3.63, 3.8) is 0 Å². The summed E-state index contributed by atoms with van der Waals surface area (Å²) in [5.74, 6) is 2.70. The van der Waals surface area contributed by atoms with Crippen LogP contribution in [0.4, 0.5) is 28.7 Å². The molecule has 3 aromatic carbocycles. The van der Waals surface area contributed by atoms with Crippen molar-refractivity contribution in [2.75, 3.05) is 39.0 Å². The Labute approximate surface area is 401 Å². The molecule has 6 aromatic heterocycles. The number of aromatic nitrogens is 6. The molecule has 0 amide bonds. The summed E-state index contributed by atoms with van der Waals surface area (Å²) >= 11 is 20.4. The van der Waals surface area contributed by atoms with Crippen molar-refractivity contribution >= 4 is 153 Å². The zero-order chi connectivity index (χ0) is 44.4. The first-order chi connectivity index (χ1) is 30.1. The van der Waals surface area contributed by atoms with Crippen LogP contribution >= 0.6 is 93.4 Å². The summed E-state index contributed by atoms with van der Waals surface area (Å²) in [5, 5.41) is 37.7. The van der Waals surface area contributed by atoms with E-state index in [4.69, 9.17) is 27.2 Å². The molecule has 19 heteroatoms. The van der Waals surface area contributed by atoms with Gasteiger partial charge in [-0.3, -0.25) is 0 Å². The smallest absolute Gasteiger partial charge is 0.142 e. The number of hydrogen-bond donors (Lipinski definition) is 5. The zero-order valence-corrected chi connectivity index (χ0v) is 41.5. The van der Waals surface area contributed by atoms with E-state index in [0.717, 1.165) is 80.8 Å². The second-order valence-corrected chi connectivity index (χ2v) is 18.0. The molecule has 0 bridgehead atoms. The number of aromatic hydroxyl groups is 2. The molecule has 0 spiro atoms. The van der Waals surface area contributed by atoms with Crippen molar-refractivity contribution in [3.05, 3.63) is 130 Å². The zero-order valence-electron chi connectivity index (χ0n) is 33.5. The molecule has 0 saturated carbocycles. The molecule has 12 nitrogen and oxygen atoms in total. The molecular formula is C43H41Br3ClN9O3S3. The summed E-state index contributed by atoms with van der Waals surface area (Å²) < 4.78 is 5.73. The molecule has 0 saturated heterocycles. The third kappa shape index (κ3) is 13.4. The van der Waals surface area contributed by atoms with E-state index in [9.17, 15) is 5.11 Å². The number of alkyl halides is 3. The minimum absolute atomic E-state index is 0.146. The fraction of sp³-hybridized carbons (Fsp3) is 0.163. The van der Waals surface area contributed by atoms with Gasteiger partial charge in [-0.05, 0) is 90.0 Å². The van der Waals surface area contributed by atoms with E-state index < -0.39 is 0 Å². The van der Waals surface area contributed by atoms with E-state index >= 15 is 0 Å². The van der Waals surface area contributed by atoms with Gasteiger partial charge in [0.05, 0.1) is 39.8 Å². The molecule has 9 aromatic rings. The molecule has 0 radical (unpaired) electrons. The monoisotopic (exact) mass is 1100 g/mol. The summed E-state index contributed by atoms with van der Waals surface area (Å²) in [7, 11) is 0. The normalized spacial score (nSPS) is 10.3. The Morgan fingerprint density at radius 2 is 1.03 bits per heavy atom. The standard InChI is InChI=1S/C15H14BrN3OS.C13H11N3OS.C7H5ClN2S.C6H7NO.C2H4Br2/c1-10-8-21-15-13(10)14(17-9-18-15)19-11-4-2-3-5-12(11)20-7-6-16;1-8-6-18-13-11(8)12(14-7-15-13)16-9-4-2-3-5-10(9)17;1-4-2-11-7-5(4)6(8)9-3-10-7;7-5-3-1-2-4-6(5)8;3-1-2-4/h2-5,8-9H,6-7H2,1H3,(H,17,18,19);2-7,17H,1H3,(H,14,15,16);2-3H,1H3;1-4,8H,7H2;1-2H2. The number of nitrogens with zero attached hydrogens (tertiary/aromatic N) is 6. The number of aryl methyl sites for hydroxylation is 3. The lowest BCUT2D eigenvalue weighted by atomic mass is 10.2. The average Bonchev–Trinajstić information content (AvgIpc) is 4.00. The third-order valence-electron chi connectivity index (χ3n) is 8.26. The fourth-order valence-electron chi connectivity index (χ4n) is 5.36. The average molecular weight is 1100 g/mol. The highest BCUT2D eigenvalue weighted by atomic mass is 79.9. The fourth-order valence-corrected chi connectivity index (χ4v) is 8.53. The number of para-hydroxylation sites is 6. The Morgan fingerprint density at radius 3 is 1.52 bits per heavy atom. The number of thiophene rings is 3. The molecule has 6 N–H and O–H groups in total. The van der Waals surface area contributed by atoms with Crippen LogP contribution in [0.25, 0.3) is 30.6 Å². The van der Waals surface area contributed by atoms with Crippen LogP contribution in [0.5, 0.6) is 17.2 Å². The first-order valence-electron chi connectivity index (χ1n) is 18.5. The second kappa shape index (κ2) is 24.8. The van der Waals surface area contributed by atoms with Crippen LogP contribution in [0.1, 0.15) is 16.7 Å². The summed E-state index contributed by atoms with van der Waals surface area (Å²) in [4.78, 5) is 28.0. The predicted molar refractivity (Wildman–Crippen MR) is 272 cm³/mol. The number of nitrogens with two attached hydrogens (primary N) is 1. The molecule has 0 atom stereocenters. The van der Waals surface area contributed by atoms with Crippen LogP contribution < -0.4 is 21.1 Å². The minimum atomic E-state index is 0.146. The number of nitrogens with one attached hydrogen (secondary N) is 2.